The molecule has 1 aromatic rings. The fourth-order valence-electron chi connectivity index (χ4n) is 0.888. The lowest BCUT2D eigenvalue weighted by Crippen LogP contribution is -1.86. The molecule has 0 spiro atoms. The van der Waals surface area contributed by atoms with Crippen molar-refractivity contribution in [1.29, 1.82) is 0 Å². The quantitative estimate of drug-likeness (QED) is 0.634. The molecule has 0 saturated heterocycles. The van der Waals surface area contributed by atoms with E-state index in [1.165, 1.54) is 6.07 Å². The summed E-state index contributed by atoms with van der Waals surface area (Å²) in [5, 5.41) is 8.72. The molecule has 1 nitrogen and oxygen atoms in total. The molecule has 0 bridgehead atoms. The van der Waals surface area contributed by atoms with Crippen molar-refractivity contribution in [2.45, 2.75) is 6.92 Å². The summed E-state index contributed by atoms with van der Waals surface area (Å²) in [6, 6.07) is 2.78. The van der Waals surface area contributed by atoms with Gasteiger partial charge in [-0.2, -0.15) is 0 Å². The first-order valence-electron chi connectivity index (χ1n) is 3.70. The first-order chi connectivity index (χ1) is 6.15. The maximum Gasteiger partial charge on any atom is 0.127 e. The van der Waals surface area contributed by atoms with Crippen LogP contribution in [-0.2, 0) is 0 Å². The second-order valence-electron chi connectivity index (χ2n) is 2.54. The Hall–Kier alpha value is -1.04. The van der Waals surface area contributed by atoms with E-state index in [2.05, 4.69) is 11.8 Å². The van der Waals surface area contributed by atoms with Crippen molar-refractivity contribution >= 4 is 11.6 Å². The van der Waals surface area contributed by atoms with Gasteiger partial charge >= 0.3 is 0 Å². The summed E-state index contributed by atoms with van der Waals surface area (Å²) in [6.07, 6.45) is 0. The second-order valence-corrected chi connectivity index (χ2v) is 2.95. The third kappa shape index (κ3) is 2.45. The van der Waals surface area contributed by atoms with Crippen LogP contribution in [0, 0.1) is 24.6 Å². The van der Waals surface area contributed by atoms with E-state index in [-0.39, 0.29) is 17.4 Å². The average molecular weight is 199 g/mol. The van der Waals surface area contributed by atoms with Crippen LogP contribution in [0.15, 0.2) is 12.1 Å². The normalized spacial score (nSPS) is 9.23. The molecule has 68 valence electrons. The molecule has 0 aromatic heterocycles. The summed E-state index contributed by atoms with van der Waals surface area (Å²) in [4.78, 5) is 0. The van der Waals surface area contributed by atoms with Crippen LogP contribution in [0.1, 0.15) is 11.1 Å². The Bertz CT molecular complexity index is 376. The number of halogens is 2. The fraction of sp³-hybridized carbons (Fsp3) is 0.200. The average Bonchev–Trinajstić information content (AvgIpc) is 2.09. The maximum atomic E-state index is 12.9. The van der Waals surface area contributed by atoms with E-state index in [0.29, 0.717) is 11.1 Å². The minimum absolute atomic E-state index is 0.229. The van der Waals surface area contributed by atoms with E-state index in [9.17, 15) is 4.39 Å². The Morgan fingerprint density at radius 3 is 2.85 bits per heavy atom. The van der Waals surface area contributed by atoms with E-state index in [0.717, 1.165) is 0 Å². The lowest BCUT2D eigenvalue weighted by Gasteiger charge is -1.99. The Labute approximate surface area is 81.2 Å². The molecular formula is C10H8ClFO. The molecule has 0 aliphatic rings. The SMILES string of the molecule is Cc1cc(C#CCO)c(Cl)cc1F. The molecule has 1 aromatic carbocycles. The zero-order chi connectivity index (χ0) is 9.84. The zero-order valence-electron chi connectivity index (χ0n) is 7.06. The van der Waals surface area contributed by atoms with Gasteiger partial charge in [0.2, 0.25) is 0 Å². The first-order valence-corrected chi connectivity index (χ1v) is 4.08. The molecule has 0 fully saturated rings. The maximum absolute atomic E-state index is 12.9. The molecule has 1 N–H and O–H groups in total. The first kappa shape index (κ1) is 10.0. The highest BCUT2D eigenvalue weighted by Gasteiger charge is 2.02. The Kier molecular flexibility index (Phi) is 3.30. The summed E-state index contributed by atoms with van der Waals surface area (Å²) in [7, 11) is 0. The molecule has 1 rings (SSSR count). The largest absolute Gasteiger partial charge is 0.384 e. The van der Waals surface area contributed by atoms with E-state index in [4.69, 9.17) is 16.7 Å². The van der Waals surface area contributed by atoms with Gasteiger partial charge in [-0.25, -0.2) is 4.39 Å². The van der Waals surface area contributed by atoms with Crippen LogP contribution in [0.5, 0.6) is 0 Å². The Morgan fingerprint density at radius 1 is 1.54 bits per heavy atom. The number of aliphatic hydroxyl groups excluding tert-OH is 1. The topological polar surface area (TPSA) is 20.2 Å². The zero-order valence-corrected chi connectivity index (χ0v) is 7.82. The minimum Gasteiger partial charge on any atom is -0.384 e. The van der Waals surface area contributed by atoms with Gasteiger partial charge in [-0.15, -0.1) is 0 Å². The summed E-state index contributed by atoms with van der Waals surface area (Å²) in [5.41, 5.74) is 1.03. The van der Waals surface area contributed by atoms with Gasteiger partial charge in [0.15, 0.2) is 0 Å². The predicted octanol–water partition coefficient (Wildman–Crippen LogP) is 2.13. The van der Waals surface area contributed by atoms with Crippen molar-refractivity contribution in [3.8, 4) is 11.8 Å². The predicted molar refractivity (Wildman–Crippen MR) is 50.1 cm³/mol. The van der Waals surface area contributed by atoms with E-state index >= 15 is 0 Å². The number of aryl methyl sites for hydroxylation is 1. The van der Waals surface area contributed by atoms with Crippen LogP contribution >= 0.6 is 11.6 Å². The highest BCUT2D eigenvalue weighted by atomic mass is 35.5. The third-order valence-corrected chi connectivity index (χ3v) is 1.86. The highest BCUT2D eigenvalue weighted by Crippen LogP contribution is 2.19. The summed E-state index contributed by atoms with van der Waals surface area (Å²) in [6.45, 7) is 1.41. The molecule has 0 aliphatic carbocycles. The molecule has 0 atom stereocenters. The van der Waals surface area contributed by atoms with Crippen molar-refractivity contribution in [3.05, 3.63) is 34.1 Å². The monoisotopic (exact) mass is 198 g/mol. The van der Waals surface area contributed by atoms with Crippen LogP contribution in [0.4, 0.5) is 4.39 Å². The number of aliphatic hydroxyl groups is 1. The van der Waals surface area contributed by atoms with Crippen LogP contribution in [0.3, 0.4) is 0 Å². The smallest absolute Gasteiger partial charge is 0.127 e. The van der Waals surface area contributed by atoms with Gasteiger partial charge in [0.05, 0.1) is 5.02 Å². The number of hydrogen-bond acceptors (Lipinski definition) is 1. The standard InChI is InChI=1S/C10H8ClFO/c1-7-5-8(3-2-4-13)9(11)6-10(7)12/h5-6,13H,4H2,1H3. The van der Waals surface area contributed by atoms with Crippen molar-refractivity contribution in [2.24, 2.45) is 0 Å². The molecule has 0 unspecified atom stereocenters. The van der Waals surface area contributed by atoms with Crippen molar-refractivity contribution in [3.63, 3.8) is 0 Å². The minimum atomic E-state index is -0.348. The van der Waals surface area contributed by atoms with E-state index in [1.807, 2.05) is 0 Å². The van der Waals surface area contributed by atoms with Crippen molar-refractivity contribution in [2.75, 3.05) is 6.61 Å². The van der Waals surface area contributed by atoms with E-state index < -0.39 is 0 Å². The van der Waals surface area contributed by atoms with Crippen LogP contribution in [0.25, 0.3) is 0 Å². The Morgan fingerprint density at radius 2 is 2.23 bits per heavy atom. The molecule has 0 heterocycles. The molecule has 0 amide bonds. The summed E-state index contributed by atoms with van der Waals surface area (Å²) in [5.74, 6) is 4.74. The Balaban J connectivity index is 3.16. The molecule has 0 saturated carbocycles. The fourth-order valence-corrected chi connectivity index (χ4v) is 1.09. The summed E-state index contributed by atoms with van der Waals surface area (Å²) < 4.78 is 12.9. The number of benzene rings is 1. The lowest BCUT2D eigenvalue weighted by atomic mass is 10.1. The third-order valence-electron chi connectivity index (χ3n) is 1.55. The molecule has 13 heavy (non-hydrogen) atoms. The highest BCUT2D eigenvalue weighted by molar-refractivity contribution is 6.31. The van der Waals surface area contributed by atoms with Crippen LogP contribution < -0.4 is 0 Å². The van der Waals surface area contributed by atoms with Gasteiger partial charge in [0.25, 0.3) is 0 Å². The lowest BCUT2D eigenvalue weighted by molar-refractivity contribution is 0.350. The van der Waals surface area contributed by atoms with Gasteiger partial charge in [-0.05, 0) is 24.6 Å². The summed E-state index contributed by atoms with van der Waals surface area (Å²) >= 11 is 5.71. The van der Waals surface area contributed by atoms with Gasteiger partial charge in [-0.3, -0.25) is 0 Å². The number of rotatable bonds is 0. The van der Waals surface area contributed by atoms with Crippen LogP contribution in [-0.4, -0.2) is 11.7 Å². The molecule has 3 heteroatoms. The second kappa shape index (κ2) is 4.27. The van der Waals surface area contributed by atoms with Gasteiger partial charge < -0.3 is 5.11 Å². The van der Waals surface area contributed by atoms with Crippen LogP contribution in [0.2, 0.25) is 5.02 Å². The molecule has 0 radical (unpaired) electrons. The van der Waals surface area contributed by atoms with Gasteiger partial charge in [0.1, 0.15) is 12.4 Å². The van der Waals surface area contributed by atoms with Crippen molar-refractivity contribution in [1.82, 2.24) is 0 Å². The number of hydrogen-bond donors (Lipinski definition) is 1. The molecule has 0 aliphatic heterocycles. The van der Waals surface area contributed by atoms with Crippen molar-refractivity contribution < 1.29 is 9.50 Å². The molecular weight excluding hydrogens is 191 g/mol. The van der Waals surface area contributed by atoms with E-state index in [1.54, 1.807) is 13.0 Å². The van der Waals surface area contributed by atoms with Gasteiger partial charge in [0, 0.05) is 5.56 Å². The van der Waals surface area contributed by atoms with Gasteiger partial charge in [-0.1, -0.05) is 23.4 Å².